The third-order valence-electron chi connectivity index (χ3n) is 5.11. The quantitative estimate of drug-likeness (QED) is 0.915. The number of hydrogen-bond donors (Lipinski definition) is 1. The van der Waals surface area contributed by atoms with Gasteiger partial charge in [-0.3, -0.25) is 4.90 Å². The molecule has 1 aromatic carbocycles. The van der Waals surface area contributed by atoms with E-state index in [2.05, 4.69) is 4.90 Å². The second kappa shape index (κ2) is 6.69. The van der Waals surface area contributed by atoms with E-state index in [-0.39, 0.29) is 5.75 Å². The molecule has 3 rings (SSSR count). The Morgan fingerprint density at radius 3 is 2.81 bits per heavy atom. The molecule has 1 saturated carbocycles. The molecule has 0 bridgehead atoms. The zero-order valence-corrected chi connectivity index (χ0v) is 13.1. The van der Waals surface area contributed by atoms with Gasteiger partial charge in [-0.25, -0.2) is 0 Å². The number of rotatable bonds is 4. The molecule has 0 spiro atoms. The normalized spacial score (nSPS) is 26.3. The topological polar surface area (TPSA) is 32.7 Å². The van der Waals surface area contributed by atoms with Gasteiger partial charge in [0.25, 0.3) is 0 Å². The number of phenols is 1. The molecule has 1 aliphatic carbocycles. The van der Waals surface area contributed by atoms with Gasteiger partial charge in [-0.15, -0.1) is 0 Å². The van der Waals surface area contributed by atoms with Crippen LogP contribution in [0.4, 0.5) is 0 Å². The molecular weight excluding hydrogens is 262 g/mol. The Hall–Kier alpha value is -1.22. The minimum absolute atomic E-state index is 0.242. The Bertz CT molecular complexity index is 474. The van der Waals surface area contributed by atoms with Crippen molar-refractivity contribution in [1.29, 1.82) is 0 Å². The third-order valence-corrected chi connectivity index (χ3v) is 5.11. The number of benzene rings is 1. The highest BCUT2D eigenvalue weighted by Crippen LogP contribution is 2.36. The Labute approximate surface area is 127 Å². The molecule has 21 heavy (non-hydrogen) atoms. The largest absolute Gasteiger partial charge is 0.504 e. The first-order chi connectivity index (χ1) is 10.3. The van der Waals surface area contributed by atoms with Crippen LogP contribution in [0.5, 0.6) is 11.5 Å². The minimum atomic E-state index is 0.242. The van der Waals surface area contributed by atoms with Gasteiger partial charge >= 0.3 is 0 Å². The SMILES string of the molecule is CCOc1cc(CN2CCC3CCCCC3C2)ccc1O. The van der Waals surface area contributed by atoms with E-state index in [1.165, 1.54) is 50.8 Å². The van der Waals surface area contributed by atoms with Gasteiger partial charge in [0.2, 0.25) is 0 Å². The van der Waals surface area contributed by atoms with Crippen LogP contribution < -0.4 is 4.74 Å². The molecule has 2 aliphatic rings. The summed E-state index contributed by atoms with van der Waals surface area (Å²) >= 11 is 0. The van der Waals surface area contributed by atoms with Gasteiger partial charge in [-0.05, 0) is 55.8 Å². The number of ether oxygens (including phenoxy) is 1. The number of phenolic OH excluding ortho intramolecular Hbond substituents is 1. The van der Waals surface area contributed by atoms with Crippen LogP contribution in [-0.2, 0) is 6.54 Å². The molecule has 3 nitrogen and oxygen atoms in total. The molecule has 2 unspecified atom stereocenters. The van der Waals surface area contributed by atoms with Crippen LogP contribution in [0.2, 0.25) is 0 Å². The molecule has 1 aliphatic heterocycles. The Kier molecular flexibility index (Phi) is 4.69. The Balaban J connectivity index is 1.62. The van der Waals surface area contributed by atoms with Crippen LogP contribution in [0, 0.1) is 11.8 Å². The van der Waals surface area contributed by atoms with E-state index in [4.69, 9.17) is 4.74 Å². The van der Waals surface area contributed by atoms with Crippen LogP contribution in [-0.4, -0.2) is 29.7 Å². The fourth-order valence-electron chi connectivity index (χ4n) is 4.01. The highest BCUT2D eigenvalue weighted by Gasteiger charge is 2.30. The van der Waals surface area contributed by atoms with Gasteiger partial charge in [0.15, 0.2) is 11.5 Å². The summed E-state index contributed by atoms with van der Waals surface area (Å²) in [5, 5.41) is 9.79. The predicted molar refractivity (Wildman–Crippen MR) is 84.6 cm³/mol. The lowest BCUT2D eigenvalue weighted by Gasteiger charge is -2.41. The van der Waals surface area contributed by atoms with Crippen LogP contribution in [0.15, 0.2) is 18.2 Å². The molecule has 0 aromatic heterocycles. The predicted octanol–water partition coefficient (Wildman–Crippen LogP) is 3.80. The number of hydrogen-bond acceptors (Lipinski definition) is 3. The average Bonchev–Trinajstić information content (AvgIpc) is 2.51. The highest BCUT2D eigenvalue weighted by molar-refractivity contribution is 5.41. The summed E-state index contributed by atoms with van der Waals surface area (Å²) < 4.78 is 5.48. The second-order valence-electron chi connectivity index (χ2n) is 6.56. The zero-order valence-electron chi connectivity index (χ0n) is 13.1. The van der Waals surface area contributed by atoms with E-state index in [0.717, 1.165) is 18.4 Å². The Morgan fingerprint density at radius 1 is 1.19 bits per heavy atom. The summed E-state index contributed by atoms with van der Waals surface area (Å²) in [5.41, 5.74) is 1.24. The van der Waals surface area contributed by atoms with Gasteiger partial charge in [0, 0.05) is 13.1 Å². The molecule has 1 aromatic rings. The van der Waals surface area contributed by atoms with E-state index < -0.39 is 0 Å². The lowest BCUT2D eigenvalue weighted by molar-refractivity contribution is 0.0820. The number of aromatic hydroxyl groups is 1. The van der Waals surface area contributed by atoms with E-state index in [1.54, 1.807) is 6.07 Å². The first-order valence-corrected chi connectivity index (χ1v) is 8.43. The van der Waals surface area contributed by atoms with Gasteiger partial charge in [-0.2, -0.15) is 0 Å². The summed E-state index contributed by atoms with van der Waals surface area (Å²) in [4.78, 5) is 2.58. The summed E-state index contributed by atoms with van der Waals surface area (Å²) in [7, 11) is 0. The van der Waals surface area contributed by atoms with Gasteiger partial charge < -0.3 is 9.84 Å². The van der Waals surface area contributed by atoms with Crippen molar-refractivity contribution in [1.82, 2.24) is 4.90 Å². The highest BCUT2D eigenvalue weighted by atomic mass is 16.5. The summed E-state index contributed by atoms with van der Waals surface area (Å²) in [6, 6.07) is 5.77. The molecule has 2 fully saturated rings. The first-order valence-electron chi connectivity index (χ1n) is 8.43. The van der Waals surface area contributed by atoms with Crippen LogP contribution in [0.1, 0.15) is 44.6 Å². The molecule has 1 N–H and O–H groups in total. The molecule has 0 amide bonds. The van der Waals surface area contributed by atoms with Crippen molar-refractivity contribution >= 4 is 0 Å². The lowest BCUT2D eigenvalue weighted by atomic mass is 9.75. The van der Waals surface area contributed by atoms with Crippen molar-refractivity contribution in [3.63, 3.8) is 0 Å². The van der Waals surface area contributed by atoms with Crippen molar-refractivity contribution in [2.75, 3.05) is 19.7 Å². The average molecular weight is 289 g/mol. The summed E-state index contributed by atoms with van der Waals surface area (Å²) in [6.07, 6.45) is 7.09. The molecular formula is C18H27NO2. The molecule has 2 atom stereocenters. The number of likely N-dealkylation sites (tertiary alicyclic amines) is 1. The zero-order chi connectivity index (χ0) is 14.7. The molecule has 116 valence electrons. The first kappa shape index (κ1) is 14.7. The van der Waals surface area contributed by atoms with Crippen molar-refractivity contribution < 1.29 is 9.84 Å². The number of nitrogens with zero attached hydrogens (tertiary/aromatic N) is 1. The van der Waals surface area contributed by atoms with E-state index in [1.807, 2.05) is 19.1 Å². The standard InChI is InChI=1S/C18H27NO2/c1-2-21-18-11-14(7-8-17(18)20)12-19-10-9-15-5-3-4-6-16(15)13-19/h7-8,11,15-16,20H,2-6,9-10,12-13H2,1H3. The molecule has 1 heterocycles. The maximum Gasteiger partial charge on any atom is 0.161 e. The van der Waals surface area contributed by atoms with Gasteiger partial charge in [0.1, 0.15) is 0 Å². The van der Waals surface area contributed by atoms with Crippen molar-refractivity contribution in [3.8, 4) is 11.5 Å². The van der Waals surface area contributed by atoms with Crippen molar-refractivity contribution in [2.24, 2.45) is 11.8 Å². The smallest absolute Gasteiger partial charge is 0.161 e. The molecule has 3 heteroatoms. The molecule has 0 radical (unpaired) electrons. The maximum atomic E-state index is 9.79. The van der Waals surface area contributed by atoms with E-state index in [9.17, 15) is 5.11 Å². The summed E-state index contributed by atoms with van der Waals surface area (Å²) in [6.45, 7) is 5.97. The molecule has 1 saturated heterocycles. The van der Waals surface area contributed by atoms with E-state index in [0.29, 0.717) is 12.4 Å². The minimum Gasteiger partial charge on any atom is -0.504 e. The van der Waals surface area contributed by atoms with Crippen LogP contribution in [0.3, 0.4) is 0 Å². The van der Waals surface area contributed by atoms with E-state index >= 15 is 0 Å². The third kappa shape index (κ3) is 3.52. The van der Waals surface area contributed by atoms with Crippen LogP contribution >= 0.6 is 0 Å². The van der Waals surface area contributed by atoms with Crippen molar-refractivity contribution in [3.05, 3.63) is 23.8 Å². The maximum absolute atomic E-state index is 9.79. The van der Waals surface area contributed by atoms with Crippen LogP contribution in [0.25, 0.3) is 0 Å². The van der Waals surface area contributed by atoms with Gasteiger partial charge in [0.05, 0.1) is 6.61 Å². The number of fused-ring (bicyclic) bond motifs is 1. The van der Waals surface area contributed by atoms with Gasteiger partial charge in [-0.1, -0.05) is 25.3 Å². The lowest BCUT2D eigenvalue weighted by Crippen LogP contribution is -2.41. The van der Waals surface area contributed by atoms with Crippen molar-refractivity contribution in [2.45, 2.75) is 45.6 Å². The monoisotopic (exact) mass is 289 g/mol. The second-order valence-corrected chi connectivity index (χ2v) is 6.56. The number of piperidine rings is 1. The fraction of sp³-hybridized carbons (Fsp3) is 0.667. The summed E-state index contributed by atoms with van der Waals surface area (Å²) in [5.74, 6) is 2.75. The Morgan fingerprint density at radius 2 is 2.00 bits per heavy atom. The fourth-order valence-corrected chi connectivity index (χ4v) is 4.01.